The number of benzene rings is 2. The number of aliphatic hydroxyl groups excluding tert-OH is 1. The first-order valence-electron chi connectivity index (χ1n) is 8.33. The highest BCUT2D eigenvalue weighted by Gasteiger charge is 2.13. The summed E-state index contributed by atoms with van der Waals surface area (Å²) >= 11 is 7.36. The number of fused-ring (bicyclic) bond motifs is 1. The van der Waals surface area contributed by atoms with E-state index in [4.69, 9.17) is 16.3 Å². The SMILES string of the molecule is C[C@H](O)Cn1c(SCCOc2ccc(F)cc2)nc2cc(Cl)ccc2c1=O. The number of aliphatic hydroxyl groups is 1. The average Bonchev–Trinajstić information content (AvgIpc) is 2.62. The van der Waals surface area contributed by atoms with E-state index in [9.17, 15) is 14.3 Å². The highest BCUT2D eigenvalue weighted by molar-refractivity contribution is 7.99. The normalized spacial score (nSPS) is 12.3. The van der Waals surface area contributed by atoms with Crippen molar-refractivity contribution in [2.24, 2.45) is 0 Å². The molecule has 3 rings (SSSR count). The average molecular weight is 409 g/mol. The van der Waals surface area contributed by atoms with E-state index in [2.05, 4.69) is 4.98 Å². The topological polar surface area (TPSA) is 64.3 Å². The monoisotopic (exact) mass is 408 g/mol. The van der Waals surface area contributed by atoms with Gasteiger partial charge in [0.15, 0.2) is 5.16 Å². The lowest BCUT2D eigenvalue weighted by Gasteiger charge is -2.14. The van der Waals surface area contributed by atoms with Gasteiger partial charge in [-0.05, 0) is 49.4 Å². The minimum atomic E-state index is -0.691. The molecular formula is C19H18ClFN2O3S. The Bertz CT molecular complexity index is 993. The second-order valence-electron chi connectivity index (χ2n) is 5.97. The van der Waals surface area contributed by atoms with Crippen LogP contribution in [-0.2, 0) is 6.54 Å². The molecule has 1 aromatic heterocycles. The maximum absolute atomic E-state index is 12.9. The number of hydrogen-bond acceptors (Lipinski definition) is 5. The summed E-state index contributed by atoms with van der Waals surface area (Å²) in [5.74, 6) is 0.768. The molecule has 1 atom stereocenters. The summed E-state index contributed by atoms with van der Waals surface area (Å²) in [4.78, 5) is 17.3. The van der Waals surface area contributed by atoms with E-state index in [-0.39, 0.29) is 17.9 Å². The molecule has 0 spiro atoms. The Hall–Kier alpha value is -2.09. The van der Waals surface area contributed by atoms with Crippen molar-refractivity contribution in [3.05, 3.63) is 63.7 Å². The van der Waals surface area contributed by atoms with Crippen molar-refractivity contribution in [3.63, 3.8) is 0 Å². The highest BCUT2D eigenvalue weighted by atomic mass is 35.5. The van der Waals surface area contributed by atoms with Crippen molar-refractivity contribution in [3.8, 4) is 5.75 Å². The molecule has 0 aliphatic carbocycles. The van der Waals surface area contributed by atoms with Gasteiger partial charge in [0.2, 0.25) is 0 Å². The Labute approximate surface area is 164 Å². The van der Waals surface area contributed by atoms with Crippen LogP contribution < -0.4 is 10.3 Å². The van der Waals surface area contributed by atoms with Crippen LogP contribution in [0.4, 0.5) is 4.39 Å². The van der Waals surface area contributed by atoms with Crippen molar-refractivity contribution in [2.45, 2.75) is 24.7 Å². The molecule has 0 amide bonds. The minimum Gasteiger partial charge on any atom is -0.493 e. The van der Waals surface area contributed by atoms with Gasteiger partial charge in [-0.1, -0.05) is 23.4 Å². The van der Waals surface area contributed by atoms with Crippen molar-refractivity contribution < 1.29 is 14.2 Å². The molecule has 1 heterocycles. The number of nitrogens with zero attached hydrogens (tertiary/aromatic N) is 2. The van der Waals surface area contributed by atoms with Crippen LogP contribution in [0.5, 0.6) is 5.75 Å². The largest absolute Gasteiger partial charge is 0.493 e. The summed E-state index contributed by atoms with van der Waals surface area (Å²) in [6, 6.07) is 10.7. The molecule has 1 N–H and O–H groups in total. The molecule has 8 heteroatoms. The fourth-order valence-corrected chi connectivity index (χ4v) is 3.52. The summed E-state index contributed by atoms with van der Waals surface area (Å²) in [5.41, 5.74) is 0.288. The van der Waals surface area contributed by atoms with Crippen molar-refractivity contribution in [1.82, 2.24) is 9.55 Å². The van der Waals surface area contributed by atoms with Gasteiger partial charge in [0, 0.05) is 10.8 Å². The third-order valence-corrected chi connectivity index (χ3v) is 4.90. The number of aromatic nitrogens is 2. The third kappa shape index (κ3) is 5.00. The lowest BCUT2D eigenvalue weighted by Crippen LogP contribution is -2.28. The molecular weight excluding hydrogens is 391 g/mol. The second-order valence-corrected chi connectivity index (χ2v) is 7.47. The first-order chi connectivity index (χ1) is 12.9. The summed E-state index contributed by atoms with van der Waals surface area (Å²) in [5, 5.41) is 11.2. The van der Waals surface area contributed by atoms with Gasteiger partial charge in [0.25, 0.3) is 5.56 Å². The van der Waals surface area contributed by atoms with Crippen LogP contribution in [0.25, 0.3) is 10.9 Å². The molecule has 0 aliphatic rings. The number of hydrogen-bond donors (Lipinski definition) is 1. The Kier molecular flexibility index (Phi) is 6.36. The smallest absolute Gasteiger partial charge is 0.262 e. The zero-order valence-electron chi connectivity index (χ0n) is 14.6. The Morgan fingerprint density at radius 3 is 2.74 bits per heavy atom. The molecule has 0 saturated carbocycles. The summed E-state index contributed by atoms with van der Waals surface area (Å²) in [6.07, 6.45) is -0.691. The van der Waals surface area contributed by atoms with Gasteiger partial charge in [-0.3, -0.25) is 9.36 Å². The predicted octanol–water partition coefficient (Wildman–Crippen LogP) is 3.74. The Morgan fingerprint density at radius 1 is 1.30 bits per heavy atom. The maximum atomic E-state index is 12.9. The Morgan fingerprint density at radius 2 is 2.04 bits per heavy atom. The number of rotatable bonds is 7. The van der Waals surface area contributed by atoms with E-state index in [1.807, 2.05) is 0 Å². The minimum absolute atomic E-state index is 0.144. The summed E-state index contributed by atoms with van der Waals surface area (Å²) in [6.45, 7) is 2.12. The van der Waals surface area contributed by atoms with E-state index in [0.717, 1.165) is 0 Å². The fourth-order valence-electron chi connectivity index (χ4n) is 2.53. The van der Waals surface area contributed by atoms with Gasteiger partial charge < -0.3 is 9.84 Å². The fraction of sp³-hybridized carbons (Fsp3) is 0.263. The van der Waals surface area contributed by atoms with Crippen LogP contribution in [0.1, 0.15) is 6.92 Å². The standard InChI is InChI=1S/C19H18ClFN2O3S/c1-12(24)11-23-18(25)16-7-2-13(20)10-17(16)22-19(23)27-9-8-26-15-5-3-14(21)4-6-15/h2-7,10,12,24H,8-9,11H2,1H3/t12-/m0/s1. The highest BCUT2D eigenvalue weighted by Crippen LogP contribution is 2.21. The number of ether oxygens (including phenoxy) is 1. The van der Waals surface area contributed by atoms with Crippen LogP contribution in [0.15, 0.2) is 52.4 Å². The first kappa shape index (κ1) is 19.7. The molecule has 0 aliphatic heterocycles. The lowest BCUT2D eigenvalue weighted by molar-refractivity contribution is 0.168. The molecule has 0 unspecified atom stereocenters. The zero-order valence-corrected chi connectivity index (χ0v) is 16.1. The van der Waals surface area contributed by atoms with Gasteiger partial charge in [0.1, 0.15) is 11.6 Å². The molecule has 2 aromatic carbocycles. The molecule has 5 nitrogen and oxygen atoms in total. The van der Waals surface area contributed by atoms with E-state index < -0.39 is 6.10 Å². The van der Waals surface area contributed by atoms with Crippen molar-refractivity contribution in [1.29, 1.82) is 0 Å². The van der Waals surface area contributed by atoms with Crippen molar-refractivity contribution in [2.75, 3.05) is 12.4 Å². The maximum Gasteiger partial charge on any atom is 0.262 e. The zero-order chi connectivity index (χ0) is 19.4. The quantitative estimate of drug-likeness (QED) is 0.366. The van der Waals surface area contributed by atoms with Gasteiger partial charge in [-0.25, -0.2) is 9.37 Å². The number of thioether (sulfide) groups is 1. The van der Waals surface area contributed by atoms with Crippen LogP contribution in [0.2, 0.25) is 5.02 Å². The first-order valence-corrected chi connectivity index (χ1v) is 9.70. The molecule has 27 heavy (non-hydrogen) atoms. The van der Waals surface area contributed by atoms with Crippen LogP contribution in [0.3, 0.4) is 0 Å². The van der Waals surface area contributed by atoms with E-state index >= 15 is 0 Å². The van der Waals surface area contributed by atoms with Gasteiger partial charge in [-0.15, -0.1) is 0 Å². The van der Waals surface area contributed by atoms with Crippen LogP contribution in [-0.4, -0.2) is 33.1 Å². The molecule has 0 radical (unpaired) electrons. The molecule has 0 bridgehead atoms. The molecule has 0 saturated heterocycles. The Balaban J connectivity index is 1.78. The van der Waals surface area contributed by atoms with Gasteiger partial charge in [-0.2, -0.15) is 0 Å². The van der Waals surface area contributed by atoms with E-state index in [1.165, 1.54) is 28.5 Å². The number of halogens is 2. The molecule has 142 valence electrons. The second kappa shape index (κ2) is 8.73. The lowest BCUT2D eigenvalue weighted by atomic mass is 10.2. The van der Waals surface area contributed by atoms with Crippen LogP contribution >= 0.6 is 23.4 Å². The van der Waals surface area contributed by atoms with Gasteiger partial charge >= 0.3 is 0 Å². The van der Waals surface area contributed by atoms with Crippen molar-refractivity contribution >= 4 is 34.3 Å². The van der Waals surface area contributed by atoms with Gasteiger partial charge in [0.05, 0.1) is 30.2 Å². The summed E-state index contributed by atoms with van der Waals surface area (Å²) in [7, 11) is 0. The molecule has 3 aromatic rings. The van der Waals surface area contributed by atoms with E-state index in [1.54, 1.807) is 37.3 Å². The van der Waals surface area contributed by atoms with E-state index in [0.29, 0.717) is 39.2 Å². The third-order valence-electron chi connectivity index (χ3n) is 3.73. The summed E-state index contributed by atoms with van der Waals surface area (Å²) < 4.78 is 19.9. The molecule has 0 fully saturated rings. The predicted molar refractivity (Wildman–Crippen MR) is 105 cm³/mol. The van der Waals surface area contributed by atoms with Crippen LogP contribution in [0, 0.1) is 5.82 Å².